The molecular weight excluding hydrogens is 338 g/mol. The highest BCUT2D eigenvalue weighted by molar-refractivity contribution is 6.30. The number of nitrogens with zero attached hydrogens (tertiary/aromatic N) is 2. The molecule has 1 aromatic carbocycles. The van der Waals surface area contributed by atoms with E-state index in [9.17, 15) is 4.79 Å². The van der Waals surface area contributed by atoms with Crippen LogP contribution in [-0.2, 0) is 16.0 Å². The Hall–Kier alpha value is -1.95. The van der Waals surface area contributed by atoms with Gasteiger partial charge in [0.2, 0.25) is 5.91 Å². The van der Waals surface area contributed by atoms with Crippen LogP contribution in [0.25, 0.3) is 0 Å². The number of hydrogen-bond acceptors (Lipinski definition) is 4. The Morgan fingerprint density at radius 3 is 2.72 bits per heavy atom. The average molecular weight is 360 g/mol. The number of halogens is 1. The molecule has 2 heterocycles. The van der Waals surface area contributed by atoms with Crippen LogP contribution in [-0.4, -0.2) is 48.6 Å². The van der Waals surface area contributed by atoms with Gasteiger partial charge in [0.1, 0.15) is 0 Å². The first-order valence-electron chi connectivity index (χ1n) is 8.45. The van der Waals surface area contributed by atoms with Gasteiger partial charge in [0.15, 0.2) is 0 Å². The van der Waals surface area contributed by atoms with Gasteiger partial charge in [-0.25, -0.2) is 0 Å². The summed E-state index contributed by atoms with van der Waals surface area (Å²) in [5.41, 5.74) is 2.07. The summed E-state index contributed by atoms with van der Waals surface area (Å²) in [7, 11) is 0. The third-order valence-electron chi connectivity index (χ3n) is 4.32. The lowest BCUT2D eigenvalue weighted by molar-refractivity contribution is -0.120. The lowest BCUT2D eigenvalue weighted by Gasteiger charge is -2.34. The second kappa shape index (κ2) is 8.94. The molecule has 1 atom stereocenters. The SMILES string of the molecule is O=C(Cc1cccc(Cl)c1)NC[C@H](c1ccncc1)N1CCOCC1. The normalized spacial score (nSPS) is 16.4. The molecule has 0 aliphatic carbocycles. The van der Waals surface area contributed by atoms with E-state index < -0.39 is 0 Å². The van der Waals surface area contributed by atoms with Gasteiger partial charge < -0.3 is 10.1 Å². The largest absolute Gasteiger partial charge is 0.379 e. The van der Waals surface area contributed by atoms with Crippen LogP contribution in [0.2, 0.25) is 5.02 Å². The number of amides is 1. The molecule has 0 spiro atoms. The molecule has 0 unspecified atom stereocenters. The number of pyridine rings is 1. The molecule has 5 nitrogen and oxygen atoms in total. The minimum Gasteiger partial charge on any atom is -0.379 e. The number of rotatable bonds is 6. The second-order valence-corrected chi connectivity index (χ2v) is 6.49. The molecule has 1 saturated heterocycles. The Labute approximate surface area is 153 Å². The lowest BCUT2D eigenvalue weighted by atomic mass is 10.1. The topological polar surface area (TPSA) is 54.5 Å². The van der Waals surface area contributed by atoms with E-state index in [1.165, 1.54) is 0 Å². The van der Waals surface area contributed by atoms with E-state index in [2.05, 4.69) is 15.2 Å². The molecule has 1 aromatic heterocycles. The number of nitrogens with one attached hydrogen (secondary N) is 1. The van der Waals surface area contributed by atoms with Gasteiger partial charge >= 0.3 is 0 Å². The van der Waals surface area contributed by atoms with Crippen LogP contribution >= 0.6 is 11.6 Å². The maximum Gasteiger partial charge on any atom is 0.224 e. The fourth-order valence-electron chi connectivity index (χ4n) is 3.04. The van der Waals surface area contributed by atoms with Gasteiger partial charge in [-0.3, -0.25) is 14.7 Å². The number of carbonyl (C=O) groups is 1. The quantitative estimate of drug-likeness (QED) is 0.860. The van der Waals surface area contributed by atoms with Crippen molar-refractivity contribution in [1.82, 2.24) is 15.2 Å². The Kier molecular flexibility index (Phi) is 6.39. The molecule has 1 aliphatic heterocycles. The first kappa shape index (κ1) is 17.9. The lowest BCUT2D eigenvalue weighted by Crippen LogP contribution is -2.44. The molecule has 132 valence electrons. The van der Waals surface area contributed by atoms with E-state index in [1.807, 2.05) is 30.3 Å². The summed E-state index contributed by atoms with van der Waals surface area (Å²) in [4.78, 5) is 18.8. The first-order chi connectivity index (χ1) is 12.2. The van der Waals surface area contributed by atoms with Crippen LogP contribution in [0.5, 0.6) is 0 Å². The molecular formula is C19H22ClN3O2. The molecule has 6 heteroatoms. The van der Waals surface area contributed by atoms with E-state index in [4.69, 9.17) is 16.3 Å². The molecule has 1 N–H and O–H groups in total. The number of ether oxygens (including phenoxy) is 1. The fraction of sp³-hybridized carbons (Fsp3) is 0.368. The van der Waals surface area contributed by atoms with Crippen molar-refractivity contribution in [2.75, 3.05) is 32.8 Å². The number of hydrogen-bond donors (Lipinski definition) is 1. The summed E-state index contributed by atoms with van der Waals surface area (Å²) in [6.45, 7) is 3.72. The molecule has 0 radical (unpaired) electrons. The zero-order valence-corrected chi connectivity index (χ0v) is 14.8. The first-order valence-corrected chi connectivity index (χ1v) is 8.83. The van der Waals surface area contributed by atoms with Crippen molar-refractivity contribution in [3.05, 3.63) is 64.9 Å². The molecule has 1 amide bonds. The van der Waals surface area contributed by atoms with Gasteiger partial charge in [-0.2, -0.15) is 0 Å². The van der Waals surface area contributed by atoms with Gasteiger partial charge in [0, 0.05) is 37.1 Å². The van der Waals surface area contributed by atoms with Crippen molar-refractivity contribution in [3.8, 4) is 0 Å². The summed E-state index contributed by atoms with van der Waals surface area (Å²) in [5, 5.41) is 3.71. The Balaban J connectivity index is 1.62. The fourth-order valence-corrected chi connectivity index (χ4v) is 3.25. The van der Waals surface area contributed by atoms with Crippen LogP contribution in [0.4, 0.5) is 0 Å². The highest BCUT2D eigenvalue weighted by atomic mass is 35.5. The number of morpholine rings is 1. The summed E-state index contributed by atoms with van der Waals surface area (Å²) in [6, 6.07) is 11.5. The van der Waals surface area contributed by atoms with Crippen LogP contribution in [0.1, 0.15) is 17.2 Å². The Bertz CT molecular complexity index is 690. The molecule has 0 bridgehead atoms. The number of carbonyl (C=O) groups excluding carboxylic acids is 1. The maximum atomic E-state index is 12.3. The molecule has 1 fully saturated rings. The van der Waals surface area contributed by atoms with Gasteiger partial charge in [-0.05, 0) is 35.4 Å². The third kappa shape index (κ3) is 5.26. The van der Waals surface area contributed by atoms with E-state index in [-0.39, 0.29) is 11.9 Å². The van der Waals surface area contributed by atoms with Gasteiger partial charge in [-0.1, -0.05) is 23.7 Å². The minimum absolute atomic E-state index is 0.00502. The molecule has 25 heavy (non-hydrogen) atoms. The highest BCUT2D eigenvalue weighted by Gasteiger charge is 2.23. The van der Waals surface area contributed by atoms with Gasteiger partial charge in [0.25, 0.3) is 0 Å². The van der Waals surface area contributed by atoms with Gasteiger partial charge in [0.05, 0.1) is 25.7 Å². The van der Waals surface area contributed by atoms with Crippen molar-refractivity contribution >= 4 is 17.5 Å². The van der Waals surface area contributed by atoms with Crippen LogP contribution in [0.3, 0.4) is 0 Å². The van der Waals surface area contributed by atoms with E-state index in [0.29, 0.717) is 18.0 Å². The molecule has 3 rings (SSSR count). The highest BCUT2D eigenvalue weighted by Crippen LogP contribution is 2.20. The summed E-state index contributed by atoms with van der Waals surface area (Å²) < 4.78 is 5.45. The van der Waals surface area contributed by atoms with E-state index in [0.717, 1.165) is 37.4 Å². The predicted molar refractivity (Wildman–Crippen MR) is 97.5 cm³/mol. The smallest absolute Gasteiger partial charge is 0.224 e. The Morgan fingerprint density at radius 2 is 2.00 bits per heavy atom. The molecule has 1 aliphatic rings. The van der Waals surface area contributed by atoms with E-state index in [1.54, 1.807) is 18.5 Å². The van der Waals surface area contributed by atoms with E-state index >= 15 is 0 Å². The maximum absolute atomic E-state index is 12.3. The summed E-state index contributed by atoms with van der Waals surface area (Å²) >= 11 is 5.98. The predicted octanol–water partition coefficient (Wildman–Crippen LogP) is 2.47. The van der Waals surface area contributed by atoms with Crippen molar-refractivity contribution in [2.45, 2.75) is 12.5 Å². The Morgan fingerprint density at radius 1 is 1.24 bits per heavy atom. The van der Waals surface area contributed by atoms with Crippen LogP contribution < -0.4 is 5.32 Å². The van der Waals surface area contributed by atoms with Crippen LogP contribution in [0.15, 0.2) is 48.8 Å². The molecule has 0 saturated carbocycles. The summed E-state index contributed by atoms with van der Waals surface area (Å²) in [5.74, 6) is -0.00502. The number of benzene rings is 1. The standard InChI is InChI=1S/C19H22ClN3O2/c20-17-3-1-2-15(12-17)13-19(24)22-14-18(16-4-6-21-7-5-16)23-8-10-25-11-9-23/h1-7,12,18H,8-11,13-14H2,(H,22,24)/t18-/m1/s1. The van der Waals surface area contributed by atoms with Crippen molar-refractivity contribution in [2.24, 2.45) is 0 Å². The third-order valence-corrected chi connectivity index (χ3v) is 4.56. The zero-order valence-electron chi connectivity index (χ0n) is 14.0. The van der Waals surface area contributed by atoms with Gasteiger partial charge in [-0.15, -0.1) is 0 Å². The minimum atomic E-state index is -0.00502. The second-order valence-electron chi connectivity index (χ2n) is 6.06. The zero-order chi connectivity index (χ0) is 17.5. The van der Waals surface area contributed by atoms with Crippen LogP contribution in [0, 0.1) is 0 Å². The number of aromatic nitrogens is 1. The summed E-state index contributed by atoms with van der Waals surface area (Å²) in [6.07, 6.45) is 3.90. The van der Waals surface area contributed by atoms with Crippen molar-refractivity contribution in [1.29, 1.82) is 0 Å². The monoisotopic (exact) mass is 359 g/mol. The van der Waals surface area contributed by atoms with Crippen molar-refractivity contribution < 1.29 is 9.53 Å². The molecule has 2 aromatic rings. The average Bonchev–Trinajstić information content (AvgIpc) is 2.64. The van der Waals surface area contributed by atoms with Crippen molar-refractivity contribution in [3.63, 3.8) is 0 Å².